The van der Waals surface area contributed by atoms with Crippen molar-refractivity contribution in [2.75, 3.05) is 52.4 Å². The first kappa shape index (κ1) is 35.1. The Kier molecular flexibility index (Phi) is 13.4. The number of morpholine rings is 1. The first-order chi connectivity index (χ1) is 19.4. The van der Waals surface area contributed by atoms with Crippen molar-refractivity contribution < 1.29 is 14.3 Å². The van der Waals surface area contributed by atoms with Crippen molar-refractivity contribution in [3.8, 4) is 0 Å². The fourth-order valence-corrected chi connectivity index (χ4v) is 7.02. The largest absolute Gasteiger partial charge is 0.371 e. The van der Waals surface area contributed by atoms with Crippen molar-refractivity contribution in [2.24, 2.45) is 5.73 Å². The summed E-state index contributed by atoms with van der Waals surface area (Å²) in [7, 11) is 0. The molecular weight excluding hydrogens is 618 g/mol. The Morgan fingerprint density at radius 1 is 0.929 bits per heavy atom. The van der Waals surface area contributed by atoms with Crippen LogP contribution in [0.3, 0.4) is 0 Å². The fourth-order valence-electron chi connectivity index (χ4n) is 6.72. The van der Waals surface area contributed by atoms with Crippen LogP contribution in [-0.4, -0.2) is 90.4 Å². The smallest absolute Gasteiger partial charge is 0.234 e. The molecule has 0 aromatic heterocycles. The molecule has 2 N–H and O–H groups in total. The number of halogens is 4. The lowest BCUT2D eigenvalue weighted by atomic mass is 9.75. The first-order valence-electron chi connectivity index (χ1n) is 14.5. The Bertz CT molecular complexity index is 1180. The van der Waals surface area contributed by atoms with E-state index < -0.39 is 11.6 Å². The Labute approximate surface area is 271 Å². The molecule has 2 aromatic rings. The monoisotopic (exact) mass is 658 g/mol. The van der Waals surface area contributed by atoms with E-state index in [4.69, 9.17) is 33.7 Å². The second-order valence-electron chi connectivity index (χ2n) is 11.4. The number of Topliss-reactive ketones (excluding diaryl/α,β-unsaturated/α-hetero) is 1. The van der Waals surface area contributed by atoms with Gasteiger partial charge < -0.3 is 10.5 Å². The van der Waals surface area contributed by atoms with Crippen LogP contribution in [0.2, 0.25) is 10.0 Å². The van der Waals surface area contributed by atoms with Crippen molar-refractivity contribution in [2.45, 2.75) is 56.2 Å². The van der Waals surface area contributed by atoms with Crippen molar-refractivity contribution in [1.29, 1.82) is 0 Å². The molecule has 0 aliphatic carbocycles. The number of carbonyl (C=O) groups excluding carboxylic acids is 2. The number of carbonyl (C=O) groups is 2. The van der Waals surface area contributed by atoms with E-state index >= 15 is 0 Å². The maximum Gasteiger partial charge on any atom is 0.234 e. The van der Waals surface area contributed by atoms with Gasteiger partial charge in [-0.2, -0.15) is 0 Å². The van der Waals surface area contributed by atoms with Crippen LogP contribution in [0.15, 0.2) is 48.5 Å². The zero-order chi connectivity index (χ0) is 28.1. The van der Waals surface area contributed by atoms with Crippen LogP contribution in [0.1, 0.15) is 60.6 Å². The van der Waals surface area contributed by atoms with Gasteiger partial charge in [0.25, 0.3) is 0 Å². The standard InChI is InChI=1S/C31H40Cl2N4O3.2ClH/c32-25-11-10-24(20-26(25)33)28-22-35(18-19-40-28)13-7-14-36-17-12-31(21-27(36)30(34)39,37-15-5-2-6-16-37)29(38)23-8-3-1-4-9-23;;/h1,3-4,8-11,20,27-28H,2,5-7,12-19,21-22H2,(H2,34,39);2*1H. The van der Waals surface area contributed by atoms with Gasteiger partial charge in [-0.15, -0.1) is 24.8 Å². The molecule has 3 aliphatic rings. The summed E-state index contributed by atoms with van der Waals surface area (Å²) in [4.78, 5) is 33.8. The molecule has 0 saturated carbocycles. The van der Waals surface area contributed by atoms with Gasteiger partial charge in [0.2, 0.25) is 5.91 Å². The molecule has 5 rings (SSSR count). The highest BCUT2D eigenvalue weighted by Crippen LogP contribution is 2.38. The average molecular weight is 661 g/mol. The molecule has 1 amide bonds. The number of ketones is 1. The van der Waals surface area contributed by atoms with Gasteiger partial charge in [-0.3, -0.25) is 24.3 Å². The minimum absolute atomic E-state index is 0. The quantitative estimate of drug-likeness (QED) is 0.350. The lowest BCUT2D eigenvalue weighted by Crippen LogP contribution is -2.65. The van der Waals surface area contributed by atoms with E-state index in [2.05, 4.69) is 14.7 Å². The number of amides is 1. The number of ether oxygens (including phenoxy) is 1. The third kappa shape index (κ3) is 7.99. The number of primary amides is 1. The van der Waals surface area contributed by atoms with Gasteiger partial charge in [0.15, 0.2) is 5.78 Å². The third-order valence-corrected chi connectivity index (χ3v) is 9.66. The molecule has 3 heterocycles. The second-order valence-corrected chi connectivity index (χ2v) is 12.2. The van der Waals surface area contributed by atoms with Crippen LogP contribution < -0.4 is 5.73 Å². The van der Waals surface area contributed by atoms with Gasteiger partial charge in [-0.05, 0) is 69.4 Å². The molecule has 0 bridgehead atoms. The molecule has 11 heteroatoms. The van der Waals surface area contributed by atoms with Gasteiger partial charge in [-0.1, -0.05) is 66.0 Å². The first-order valence-corrected chi connectivity index (χ1v) is 15.3. The molecule has 2 aromatic carbocycles. The molecule has 3 aliphatic heterocycles. The molecule has 42 heavy (non-hydrogen) atoms. The maximum absolute atomic E-state index is 14.1. The summed E-state index contributed by atoms with van der Waals surface area (Å²) in [5, 5.41) is 1.08. The van der Waals surface area contributed by atoms with E-state index in [0.717, 1.165) is 64.1 Å². The van der Waals surface area contributed by atoms with Crippen molar-refractivity contribution in [3.63, 3.8) is 0 Å². The Balaban J connectivity index is 0.00000242. The number of nitrogens with two attached hydrogens (primary N) is 1. The normalized spacial score (nSPS) is 25.7. The molecule has 0 radical (unpaired) electrons. The minimum atomic E-state index is -0.685. The SMILES string of the molecule is Cl.Cl.NC(=O)C1CC(C(=O)c2ccccc2)(N2CCCCC2)CCN1CCCN1CCOC(c2ccc(Cl)c(Cl)c2)C1. The van der Waals surface area contributed by atoms with Crippen LogP contribution in [0.5, 0.6) is 0 Å². The lowest BCUT2D eigenvalue weighted by molar-refractivity contribution is -0.127. The van der Waals surface area contributed by atoms with Crippen LogP contribution in [0, 0.1) is 0 Å². The van der Waals surface area contributed by atoms with Gasteiger partial charge >= 0.3 is 0 Å². The second kappa shape index (κ2) is 16.1. The molecule has 3 fully saturated rings. The number of benzene rings is 2. The Hall–Kier alpha value is -1.42. The maximum atomic E-state index is 14.1. The number of hydrogen-bond donors (Lipinski definition) is 1. The summed E-state index contributed by atoms with van der Waals surface area (Å²) in [6.07, 6.45) is 5.36. The lowest BCUT2D eigenvalue weighted by Gasteiger charge is -2.51. The van der Waals surface area contributed by atoms with Gasteiger partial charge in [-0.25, -0.2) is 0 Å². The number of hydrogen-bond acceptors (Lipinski definition) is 6. The summed E-state index contributed by atoms with van der Waals surface area (Å²) in [6, 6.07) is 14.8. The van der Waals surface area contributed by atoms with E-state index in [-0.39, 0.29) is 42.6 Å². The summed E-state index contributed by atoms with van der Waals surface area (Å²) in [5.74, 6) is -0.212. The zero-order valence-corrected chi connectivity index (χ0v) is 27.0. The number of rotatable bonds is 9. The summed E-state index contributed by atoms with van der Waals surface area (Å²) < 4.78 is 6.02. The predicted octanol–water partition coefficient (Wildman–Crippen LogP) is 5.66. The zero-order valence-electron chi connectivity index (χ0n) is 23.9. The summed E-state index contributed by atoms with van der Waals surface area (Å²) in [5.41, 5.74) is 7.07. The van der Waals surface area contributed by atoms with Crippen molar-refractivity contribution in [3.05, 3.63) is 69.7 Å². The molecule has 0 spiro atoms. The van der Waals surface area contributed by atoms with E-state index in [1.165, 1.54) is 6.42 Å². The third-order valence-electron chi connectivity index (χ3n) is 8.92. The topological polar surface area (TPSA) is 79.1 Å². The van der Waals surface area contributed by atoms with Crippen molar-refractivity contribution in [1.82, 2.24) is 14.7 Å². The number of likely N-dealkylation sites (tertiary alicyclic amines) is 2. The minimum Gasteiger partial charge on any atom is -0.371 e. The molecule has 232 valence electrons. The number of nitrogens with zero attached hydrogens (tertiary/aromatic N) is 3. The number of piperidine rings is 2. The highest BCUT2D eigenvalue weighted by atomic mass is 35.5. The van der Waals surface area contributed by atoms with Crippen LogP contribution in [0.25, 0.3) is 0 Å². The summed E-state index contributed by atoms with van der Waals surface area (Å²) in [6.45, 7) is 6.40. The average Bonchev–Trinajstić information content (AvgIpc) is 2.99. The van der Waals surface area contributed by atoms with Gasteiger partial charge in [0.1, 0.15) is 0 Å². The van der Waals surface area contributed by atoms with Gasteiger partial charge in [0, 0.05) is 31.7 Å². The fraction of sp³-hybridized carbons (Fsp3) is 0.548. The van der Waals surface area contributed by atoms with E-state index in [1.54, 1.807) is 0 Å². The Morgan fingerprint density at radius 3 is 2.36 bits per heavy atom. The molecule has 7 nitrogen and oxygen atoms in total. The van der Waals surface area contributed by atoms with Crippen LogP contribution in [0.4, 0.5) is 0 Å². The highest BCUT2D eigenvalue weighted by Gasteiger charge is 2.50. The van der Waals surface area contributed by atoms with E-state index in [9.17, 15) is 9.59 Å². The van der Waals surface area contributed by atoms with Gasteiger partial charge in [0.05, 0.1) is 34.3 Å². The predicted molar refractivity (Wildman–Crippen MR) is 173 cm³/mol. The molecule has 3 saturated heterocycles. The molecule has 3 unspecified atom stereocenters. The Morgan fingerprint density at radius 2 is 1.67 bits per heavy atom. The van der Waals surface area contributed by atoms with E-state index in [0.29, 0.717) is 41.6 Å². The highest BCUT2D eigenvalue weighted by molar-refractivity contribution is 6.42. The van der Waals surface area contributed by atoms with Crippen LogP contribution in [-0.2, 0) is 9.53 Å². The van der Waals surface area contributed by atoms with Crippen molar-refractivity contribution >= 4 is 59.7 Å². The van der Waals surface area contributed by atoms with Crippen LogP contribution >= 0.6 is 48.0 Å². The summed E-state index contributed by atoms with van der Waals surface area (Å²) >= 11 is 12.3. The molecule has 3 atom stereocenters. The van der Waals surface area contributed by atoms with E-state index in [1.807, 2.05) is 48.5 Å². The molecular formula is C31H42Cl4N4O3.